The third-order valence-corrected chi connectivity index (χ3v) is 2.76. The average molecular weight is 241 g/mol. The molecule has 0 spiro atoms. The third-order valence-electron chi connectivity index (χ3n) is 2.05. The molecule has 1 aliphatic heterocycles. The summed E-state index contributed by atoms with van der Waals surface area (Å²) in [4.78, 5) is 11.3. The van der Waals surface area contributed by atoms with Gasteiger partial charge in [-0.15, -0.1) is 0 Å². The van der Waals surface area contributed by atoms with Crippen molar-refractivity contribution in [1.29, 1.82) is 0 Å². The Bertz CT molecular complexity index is 340. The van der Waals surface area contributed by atoms with Crippen molar-refractivity contribution in [2.24, 2.45) is 0 Å². The topological polar surface area (TPSA) is 32.3 Å². The van der Waals surface area contributed by atoms with E-state index in [0.717, 1.165) is 12.1 Å². The second kappa shape index (κ2) is 3.38. The van der Waals surface area contributed by atoms with Crippen molar-refractivity contribution in [2.75, 3.05) is 10.5 Å². The second-order valence-corrected chi connectivity index (χ2v) is 3.60. The van der Waals surface area contributed by atoms with E-state index in [9.17, 15) is 4.79 Å². The Morgan fingerprint density at radius 2 is 2.15 bits per heavy atom. The van der Waals surface area contributed by atoms with Crippen LogP contribution in [0.2, 0.25) is 0 Å². The number of nitrogens with zero attached hydrogens (tertiary/aromatic N) is 1. The van der Waals surface area contributed by atoms with Crippen LogP contribution in [0.3, 0.4) is 0 Å². The van der Waals surface area contributed by atoms with Crippen LogP contribution in [0.15, 0.2) is 24.3 Å². The van der Waals surface area contributed by atoms with Gasteiger partial charge in [0.1, 0.15) is 0 Å². The maximum absolute atomic E-state index is 11.3. The molecule has 1 aromatic carbocycles. The van der Waals surface area contributed by atoms with Crippen LogP contribution in [-0.2, 0) is 6.42 Å². The van der Waals surface area contributed by atoms with Crippen LogP contribution in [-0.4, -0.2) is 12.6 Å². The van der Waals surface area contributed by atoms with E-state index in [1.165, 1.54) is 9.49 Å². The van der Waals surface area contributed by atoms with E-state index in [4.69, 9.17) is 0 Å². The monoisotopic (exact) mass is 240 g/mol. The van der Waals surface area contributed by atoms with Crippen LogP contribution in [0, 0.1) is 0 Å². The Hall–Kier alpha value is -1.03. The van der Waals surface area contributed by atoms with Gasteiger partial charge in [0.2, 0.25) is 0 Å². The first-order valence-electron chi connectivity index (χ1n) is 4.10. The molecule has 0 unspecified atom stereocenters. The lowest BCUT2D eigenvalue weighted by molar-refractivity contribution is 0.250. The van der Waals surface area contributed by atoms with Crippen LogP contribution in [0.25, 0.3) is 0 Å². The number of para-hydroxylation sites is 1. The van der Waals surface area contributed by atoms with Crippen molar-refractivity contribution in [3.8, 4) is 0 Å². The van der Waals surface area contributed by atoms with Gasteiger partial charge in [-0.2, -0.15) is 0 Å². The van der Waals surface area contributed by atoms with Gasteiger partial charge in [0.05, 0.1) is 21.8 Å². The molecule has 2 amide bonds. The van der Waals surface area contributed by atoms with Crippen molar-refractivity contribution in [1.82, 2.24) is 5.32 Å². The molecule has 0 saturated carbocycles. The Balaban J connectivity index is 2.46. The molecule has 3 nitrogen and oxygen atoms in total. The highest BCUT2D eigenvalue weighted by Crippen LogP contribution is 2.25. The standard InChI is InChI=1S/C9H9BrN2O/c10-12-8-4-2-1-3-7(8)5-6-11-9(12)13/h1-4H,5-6H2,(H,11,13). The van der Waals surface area contributed by atoms with E-state index < -0.39 is 0 Å². The number of amides is 2. The van der Waals surface area contributed by atoms with Gasteiger partial charge in [-0.05, 0) is 18.1 Å². The molecular weight excluding hydrogens is 232 g/mol. The molecule has 0 radical (unpaired) electrons. The number of fused-ring (bicyclic) bond motifs is 1. The first kappa shape index (κ1) is 8.56. The first-order chi connectivity index (χ1) is 6.29. The number of urea groups is 1. The van der Waals surface area contributed by atoms with Gasteiger partial charge in [-0.1, -0.05) is 18.2 Å². The number of rotatable bonds is 0. The summed E-state index contributed by atoms with van der Waals surface area (Å²) in [7, 11) is 0. The summed E-state index contributed by atoms with van der Waals surface area (Å²) >= 11 is 3.22. The maximum atomic E-state index is 11.3. The molecule has 4 heteroatoms. The van der Waals surface area contributed by atoms with Gasteiger partial charge >= 0.3 is 6.03 Å². The van der Waals surface area contributed by atoms with Crippen molar-refractivity contribution in [2.45, 2.75) is 6.42 Å². The minimum absolute atomic E-state index is 0.107. The van der Waals surface area contributed by atoms with Crippen molar-refractivity contribution < 1.29 is 4.79 Å². The van der Waals surface area contributed by atoms with E-state index in [2.05, 4.69) is 21.5 Å². The van der Waals surface area contributed by atoms with Gasteiger partial charge in [-0.25, -0.2) is 8.72 Å². The first-order valence-corrected chi connectivity index (χ1v) is 4.81. The zero-order valence-corrected chi connectivity index (χ0v) is 8.54. The molecule has 0 fully saturated rings. The molecule has 1 aromatic rings. The second-order valence-electron chi connectivity index (χ2n) is 2.89. The number of nitrogens with one attached hydrogen (secondary N) is 1. The molecule has 0 atom stereocenters. The van der Waals surface area contributed by atoms with E-state index in [1.54, 1.807) is 0 Å². The van der Waals surface area contributed by atoms with E-state index in [1.807, 2.05) is 24.3 Å². The summed E-state index contributed by atoms with van der Waals surface area (Å²) in [5, 5.41) is 2.78. The Morgan fingerprint density at radius 3 is 3.00 bits per heavy atom. The molecule has 1 N–H and O–H groups in total. The fraction of sp³-hybridized carbons (Fsp3) is 0.222. The van der Waals surface area contributed by atoms with Crippen molar-refractivity contribution in [3.63, 3.8) is 0 Å². The van der Waals surface area contributed by atoms with Crippen LogP contribution >= 0.6 is 16.1 Å². The SMILES string of the molecule is O=C1NCCc2ccccc2N1Br. The predicted octanol–water partition coefficient (Wildman–Crippen LogP) is 2.07. The fourth-order valence-corrected chi connectivity index (χ4v) is 1.87. The van der Waals surface area contributed by atoms with E-state index in [0.29, 0.717) is 6.54 Å². The normalized spacial score (nSPS) is 16.1. The highest BCUT2D eigenvalue weighted by atomic mass is 79.9. The molecule has 13 heavy (non-hydrogen) atoms. The molecule has 1 aliphatic rings. The summed E-state index contributed by atoms with van der Waals surface area (Å²) in [5.74, 6) is 0. The summed E-state index contributed by atoms with van der Waals surface area (Å²) in [5.41, 5.74) is 2.11. The molecule has 0 aliphatic carbocycles. The predicted molar refractivity (Wildman–Crippen MR) is 55.0 cm³/mol. The summed E-state index contributed by atoms with van der Waals surface area (Å²) < 4.78 is 1.47. The average Bonchev–Trinajstić information content (AvgIpc) is 2.29. The summed E-state index contributed by atoms with van der Waals surface area (Å²) in [6.45, 7) is 0.692. The number of hydrogen-bond donors (Lipinski definition) is 1. The van der Waals surface area contributed by atoms with Gasteiger partial charge < -0.3 is 5.32 Å². The summed E-state index contributed by atoms with van der Waals surface area (Å²) in [6.07, 6.45) is 0.879. The van der Waals surface area contributed by atoms with E-state index in [-0.39, 0.29) is 6.03 Å². The molecule has 0 aromatic heterocycles. The van der Waals surface area contributed by atoms with E-state index >= 15 is 0 Å². The third kappa shape index (κ3) is 1.54. The summed E-state index contributed by atoms with van der Waals surface area (Å²) in [6, 6.07) is 7.75. The van der Waals surface area contributed by atoms with Crippen molar-refractivity contribution in [3.05, 3.63) is 29.8 Å². The highest BCUT2D eigenvalue weighted by molar-refractivity contribution is 9.10. The fourth-order valence-electron chi connectivity index (χ4n) is 1.40. The smallest absolute Gasteiger partial charge is 0.332 e. The van der Waals surface area contributed by atoms with Gasteiger partial charge in [-0.3, -0.25) is 0 Å². The Labute approximate surface area is 85.1 Å². The quantitative estimate of drug-likeness (QED) is 0.693. The molecule has 2 rings (SSSR count). The molecular formula is C9H9BrN2O. The number of anilines is 1. The number of halogens is 1. The highest BCUT2D eigenvalue weighted by Gasteiger charge is 2.18. The lowest BCUT2D eigenvalue weighted by Crippen LogP contribution is -2.32. The van der Waals surface area contributed by atoms with Gasteiger partial charge in [0, 0.05) is 6.54 Å². The van der Waals surface area contributed by atoms with Crippen LogP contribution in [0.5, 0.6) is 0 Å². The Morgan fingerprint density at radius 1 is 1.38 bits per heavy atom. The van der Waals surface area contributed by atoms with Gasteiger partial charge in [0.15, 0.2) is 0 Å². The molecule has 0 bridgehead atoms. The Kier molecular flexibility index (Phi) is 2.22. The zero-order chi connectivity index (χ0) is 9.26. The van der Waals surface area contributed by atoms with Crippen LogP contribution in [0.1, 0.15) is 5.56 Å². The minimum Gasteiger partial charge on any atom is -0.337 e. The number of benzene rings is 1. The van der Waals surface area contributed by atoms with Crippen molar-refractivity contribution >= 4 is 27.9 Å². The molecule has 1 heterocycles. The lowest BCUT2D eigenvalue weighted by Gasteiger charge is -2.13. The number of carbonyl (C=O) groups is 1. The largest absolute Gasteiger partial charge is 0.337 e. The maximum Gasteiger partial charge on any atom is 0.332 e. The number of hydrogen-bond acceptors (Lipinski definition) is 1. The molecule has 0 saturated heterocycles. The van der Waals surface area contributed by atoms with Crippen LogP contribution < -0.4 is 9.24 Å². The minimum atomic E-state index is -0.107. The number of carbonyl (C=O) groups excluding carboxylic acids is 1. The zero-order valence-electron chi connectivity index (χ0n) is 6.96. The lowest BCUT2D eigenvalue weighted by atomic mass is 10.1. The molecule has 68 valence electrons. The van der Waals surface area contributed by atoms with Crippen LogP contribution in [0.4, 0.5) is 10.5 Å². The van der Waals surface area contributed by atoms with Gasteiger partial charge in [0.25, 0.3) is 0 Å².